The summed E-state index contributed by atoms with van der Waals surface area (Å²) < 4.78 is 25.7. The number of carbonyl (C=O) groups is 1. The highest BCUT2D eigenvalue weighted by atomic mass is 32.2. The van der Waals surface area contributed by atoms with Crippen LogP contribution in [0.1, 0.15) is 58.4 Å². The number of rotatable bonds is 12. The number of aryl methyl sites for hydroxylation is 1. The lowest BCUT2D eigenvalue weighted by atomic mass is 10.1. The molecule has 0 spiro atoms. The van der Waals surface area contributed by atoms with E-state index in [0.717, 1.165) is 43.5 Å². The number of carboxylic acids is 1. The summed E-state index contributed by atoms with van der Waals surface area (Å²) in [6, 6.07) is 8.05. The normalized spacial score (nSPS) is 12.1. The first-order valence-corrected chi connectivity index (χ1v) is 10.6. The van der Waals surface area contributed by atoms with Crippen LogP contribution >= 0.6 is 0 Å². The smallest absolute Gasteiger partial charge is 0.303 e. The van der Waals surface area contributed by atoms with Gasteiger partial charge in [-0.1, -0.05) is 18.6 Å². The molecule has 1 aromatic carbocycles. The van der Waals surface area contributed by atoms with Crippen molar-refractivity contribution in [3.63, 3.8) is 0 Å². The Morgan fingerprint density at radius 1 is 1.00 bits per heavy atom. The van der Waals surface area contributed by atoms with Gasteiger partial charge >= 0.3 is 5.97 Å². The molecule has 0 bridgehead atoms. The summed E-state index contributed by atoms with van der Waals surface area (Å²) in [5.74, 6) is -0.755. The molecule has 6 nitrogen and oxygen atoms in total. The highest BCUT2D eigenvalue weighted by Gasteiger charge is 2.27. The minimum absolute atomic E-state index is 0.200. The van der Waals surface area contributed by atoms with E-state index in [1.807, 2.05) is 24.3 Å². The molecule has 0 saturated heterocycles. The van der Waals surface area contributed by atoms with Crippen molar-refractivity contribution in [2.24, 2.45) is 0 Å². The van der Waals surface area contributed by atoms with Crippen molar-refractivity contribution >= 4 is 21.7 Å². The largest absolute Gasteiger partial charge is 0.481 e. The molecule has 1 rings (SSSR count). The van der Waals surface area contributed by atoms with Crippen LogP contribution in [0.3, 0.4) is 0 Å². The van der Waals surface area contributed by atoms with Gasteiger partial charge in [0.2, 0.25) is 10.0 Å². The number of hydrogen-bond acceptors (Lipinski definition) is 4. The first kappa shape index (κ1) is 22.4. The summed E-state index contributed by atoms with van der Waals surface area (Å²) in [6.07, 6.45) is 4.37. The first-order chi connectivity index (χ1) is 12.1. The van der Waals surface area contributed by atoms with Gasteiger partial charge in [-0.05, 0) is 64.2 Å². The number of nitrogens with one attached hydrogen (secondary N) is 2. The molecular weight excluding hydrogens is 352 g/mol. The lowest BCUT2D eigenvalue weighted by molar-refractivity contribution is -0.137. The average Bonchev–Trinajstić information content (AvgIpc) is 2.54. The predicted molar refractivity (Wildman–Crippen MR) is 106 cm³/mol. The summed E-state index contributed by atoms with van der Waals surface area (Å²) in [4.78, 5) is 10.5. The van der Waals surface area contributed by atoms with E-state index in [1.165, 1.54) is 0 Å². The Hall–Kier alpha value is -1.60. The van der Waals surface area contributed by atoms with Crippen LogP contribution in [0.25, 0.3) is 0 Å². The fraction of sp³-hybridized carbons (Fsp3) is 0.632. The molecule has 0 saturated carbocycles. The number of unbranched alkanes of at least 4 members (excludes halogenated alkanes) is 2. The second-order valence-electron chi connectivity index (χ2n) is 7.44. The van der Waals surface area contributed by atoms with Gasteiger partial charge in [-0.15, -0.1) is 0 Å². The Morgan fingerprint density at radius 2 is 1.62 bits per heavy atom. The van der Waals surface area contributed by atoms with Crippen LogP contribution in [0, 0.1) is 0 Å². The fourth-order valence-electron chi connectivity index (χ4n) is 2.32. The van der Waals surface area contributed by atoms with Gasteiger partial charge < -0.3 is 10.4 Å². The number of carboxylic acid groups (broad SMARTS) is 1. The van der Waals surface area contributed by atoms with E-state index >= 15 is 0 Å². The zero-order valence-corrected chi connectivity index (χ0v) is 16.9. The molecule has 1 aromatic rings. The van der Waals surface area contributed by atoms with Crippen molar-refractivity contribution in [2.45, 2.75) is 64.0 Å². The molecule has 26 heavy (non-hydrogen) atoms. The third kappa shape index (κ3) is 8.67. The minimum atomic E-state index is -3.25. The van der Waals surface area contributed by atoms with Crippen molar-refractivity contribution in [1.29, 1.82) is 0 Å². The van der Waals surface area contributed by atoms with Gasteiger partial charge in [0.1, 0.15) is 0 Å². The Balaban J connectivity index is 2.15. The van der Waals surface area contributed by atoms with E-state index in [2.05, 4.69) is 10.0 Å². The second kappa shape index (κ2) is 10.5. The lowest BCUT2D eigenvalue weighted by Crippen LogP contribution is -2.39. The summed E-state index contributed by atoms with van der Waals surface area (Å²) in [5.41, 5.74) is 2.18. The van der Waals surface area contributed by atoms with Crippen LogP contribution in [0.4, 0.5) is 5.69 Å². The zero-order valence-electron chi connectivity index (χ0n) is 16.0. The molecule has 0 unspecified atom stereocenters. The average molecular weight is 385 g/mol. The van der Waals surface area contributed by atoms with E-state index in [-0.39, 0.29) is 6.42 Å². The molecule has 0 aromatic heterocycles. The molecule has 0 amide bonds. The van der Waals surface area contributed by atoms with Crippen molar-refractivity contribution < 1.29 is 18.3 Å². The number of hydrogen-bond donors (Lipinski definition) is 3. The third-order valence-corrected chi connectivity index (χ3v) is 6.29. The molecule has 0 radical (unpaired) electrons. The third-order valence-electron chi connectivity index (χ3n) is 4.09. The zero-order chi connectivity index (χ0) is 19.6. The summed E-state index contributed by atoms with van der Waals surface area (Å²) in [7, 11) is -3.25. The van der Waals surface area contributed by atoms with Crippen molar-refractivity contribution in [3.05, 3.63) is 29.8 Å². The van der Waals surface area contributed by atoms with Crippen molar-refractivity contribution in [1.82, 2.24) is 4.72 Å². The van der Waals surface area contributed by atoms with Crippen LogP contribution in [0.5, 0.6) is 0 Å². The Labute approximate surface area is 157 Å². The molecule has 0 atom stereocenters. The summed E-state index contributed by atoms with van der Waals surface area (Å²) >= 11 is 0. The van der Waals surface area contributed by atoms with E-state index in [1.54, 1.807) is 20.8 Å². The van der Waals surface area contributed by atoms with Crippen LogP contribution in [-0.4, -0.2) is 37.3 Å². The lowest BCUT2D eigenvalue weighted by Gasteiger charge is -2.19. The van der Waals surface area contributed by atoms with E-state index in [9.17, 15) is 13.2 Å². The standard InChI is InChI=1S/C19H32N2O4S/c1-19(2,3)26(24,25)21-15-6-4-5-14-20-17-12-10-16(11-13-17)8-7-9-18(22)23/h10-13,20-21H,4-9,14-15H2,1-3H3,(H,22,23). The fourth-order valence-corrected chi connectivity index (χ4v) is 3.16. The topological polar surface area (TPSA) is 95.5 Å². The predicted octanol–water partition coefficient (Wildman–Crippen LogP) is 3.39. The number of aliphatic carboxylic acids is 1. The van der Waals surface area contributed by atoms with Gasteiger partial charge in [-0.2, -0.15) is 0 Å². The van der Waals surface area contributed by atoms with Gasteiger partial charge in [-0.25, -0.2) is 13.1 Å². The maximum atomic E-state index is 11.9. The highest BCUT2D eigenvalue weighted by Crippen LogP contribution is 2.14. The maximum Gasteiger partial charge on any atom is 0.303 e. The van der Waals surface area contributed by atoms with E-state index < -0.39 is 20.7 Å². The Bertz CT molecular complexity index is 649. The molecule has 7 heteroatoms. The SMILES string of the molecule is CC(C)(C)S(=O)(=O)NCCCCCNc1ccc(CCCC(=O)O)cc1. The molecule has 0 heterocycles. The molecular formula is C19H32N2O4S. The molecule has 148 valence electrons. The van der Waals surface area contributed by atoms with Gasteiger partial charge in [0.25, 0.3) is 0 Å². The van der Waals surface area contributed by atoms with Gasteiger partial charge in [0, 0.05) is 25.2 Å². The molecule has 0 aliphatic rings. The van der Waals surface area contributed by atoms with Gasteiger partial charge in [0.05, 0.1) is 4.75 Å². The van der Waals surface area contributed by atoms with Gasteiger partial charge in [-0.3, -0.25) is 4.79 Å². The molecule has 0 aliphatic heterocycles. The molecule has 3 N–H and O–H groups in total. The number of sulfonamides is 1. The van der Waals surface area contributed by atoms with Crippen molar-refractivity contribution in [3.8, 4) is 0 Å². The monoisotopic (exact) mass is 384 g/mol. The van der Waals surface area contributed by atoms with Crippen molar-refractivity contribution in [2.75, 3.05) is 18.4 Å². The Morgan fingerprint density at radius 3 is 2.19 bits per heavy atom. The number of benzene rings is 1. The summed E-state index contributed by atoms with van der Waals surface area (Å²) in [6.45, 7) is 6.39. The first-order valence-electron chi connectivity index (χ1n) is 9.15. The van der Waals surface area contributed by atoms with Crippen LogP contribution in [-0.2, 0) is 21.2 Å². The molecule has 0 fully saturated rings. The Kier molecular flexibility index (Phi) is 9.08. The van der Waals surface area contributed by atoms with Crippen LogP contribution < -0.4 is 10.0 Å². The second-order valence-corrected chi connectivity index (χ2v) is 9.96. The quantitative estimate of drug-likeness (QED) is 0.480. The van der Waals surface area contributed by atoms with E-state index in [4.69, 9.17) is 5.11 Å². The number of anilines is 1. The summed E-state index contributed by atoms with van der Waals surface area (Å²) in [5, 5.41) is 12.0. The maximum absolute atomic E-state index is 11.9. The highest BCUT2D eigenvalue weighted by molar-refractivity contribution is 7.90. The van der Waals surface area contributed by atoms with Gasteiger partial charge in [0.15, 0.2) is 0 Å². The molecule has 0 aliphatic carbocycles. The van der Waals surface area contributed by atoms with Crippen LogP contribution in [0.15, 0.2) is 24.3 Å². The van der Waals surface area contributed by atoms with Crippen LogP contribution in [0.2, 0.25) is 0 Å². The minimum Gasteiger partial charge on any atom is -0.481 e. The van der Waals surface area contributed by atoms with E-state index in [0.29, 0.717) is 13.0 Å².